The van der Waals surface area contributed by atoms with Crippen molar-refractivity contribution < 1.29 is 24.2 Å². The highest BCUT2D eigenvalue weighted by Crippen LogP contribution is 2.62. The molecule has 1 fully saturated rings. The monoisotopic (exact) mass is 458 g/mol. The van der Waals surface area contributed by atoms with Crippen LogP contribution in [0.25, 0.3) is 0 Å². The summed E-state index contributed by atoms with van der Waals surface area (Å²) in [5.74, 6) is -1.80. The van der Waals surface area contributed by atoms with Gasteiger partial charge < -0.3 is 20.8 Å². The van der Waals surface area contributed by atoms with Gasteiger partial charge in [0.1, 0.15) is 11.6 Å². The number of halogens is 1. The summed E-state index contributed by atoms with van der Waals surface area (Å²) in [4.78, 5) is 42.0. The van der Waals surface area contributed by atoms with Gasteiger partial charge in [0, 0.05) is 18.5 Å². The van der Waals surface area contributed by atoms with E-state index in [9.17, 15) is 29.0 Å². The van der Waals surface area contributed by atoms with E-state index in [0.29, 0.717) is 5.56 Å². The molecule has 0 saturated heterocycles. The van der Waals surface area contributed by atoms with Gasteiger partial charge in [-0.15, -0.1) is 0 Å². The van der Waals surface area contributed by atoms with E-state index >= 15 is 0 Å². The number of carbonyl (C=O) groups is 2. The molecule has 4 rings (SSSR count). The lowest BCUT2D eigenvalue weighted by atomic mass is 9.62. The van der Waals surface area contributed by atoms with Gasteiger partial charge in [-0.1, -0.05) is 32.9 Å². The van der Waals surface area contributed by atoms with Gasteiger partial charge in [0.05, 0.1) is 6.04 Å². The minimum atomic E-state index is -1.27. The Labute approximate surface area is 189 Å². The number of aromatic nitrogens is 2. The molecule has 33 heavy (non-hydrogen) atoms. The smallest absolute Gasteiger partial charge is 0.405 e. The van der Waals surface area contributed by atoms with E-state index in [0.717, 1.165) is 12.8 Å². The Morgan fingerprint density at radius 2 is 1.91 bits per heavy atom. The van der Waals surface area contributed by atoms with Crippen molar-refractivity contribution in [3.8, 4) is 5.75 Å². The van der Waals surface area contributed by atoms with Crippen molar-refractivity contribution in [1.82, 2.24) is 20.2 Å². The average Bonchev–Trinajstić information content (AvgIpc) is 2.95. The first kappa shape index (κ1) is 22.8. The van der Waals surface area contributed by atoms with Crippen molar-refractivity contribution in [3.63, 3.8) is 0 Å². The predicted octanol–water partition coefficient (Wildman–Crippen LogP) is 2.78. The first-order chi connectivity index (χ1) is 15.5. The van der Waals surface area contributed by atoms with Crippen LogP contribution in [0.5, 0.6) is 5.75 Å². The van der Waals surface area contributed by atoms with Gasteiger partial charge in [-0.05, 0) is 41.9 Å². The van der Waals surface area contributed by atoms with Crippen molar-refractivity contribution in [1.29, 1.82) is 0 Å². The molecule has 1 saturated carbocycles. The number of hydrogen-bond donors (Lipinski definition) is 4. The maximum Gasteiger partial charge on any atom is 0.405 e. The van der Waals surface area contributed by atoms with Crippen molar-refractivity contribution >= 4 is 12.0 Å². The van der Waals surface area contributed by atoms with E-state index in [2.05, 4.69) is 15.6 Å². The molecule has 176 valence electrons. The zero-order valence-corrected chi connectivity index (χ0v) is 18.7. The maximum atomic E-state index is 13.1. The molecular weight excluding hydrogens is 431 g/mol. The van der Waals surface area contributed by atoms with E-state index in [1.807, 2.05) is 20.8 Å². The second-order valence-electron chi connectivity index (χ2n) is 9.65. The number of carbonyl (C=O) groups excluding carboxylic acids is 1. The van der Waals surface area contributed by atoms with Crippen LogP contribution in [0.3, 0.4) is 0 Å². The molecule has 4 N–H and O–H groups in total. The molecule has 1 aliphatic heterocycles. The second kappa shape index (κ2) is 7.86. The third-order valence-electron chi connectivity index (χ3n) is 7.83. The van der Waals surface area contributed by atoms with Crippen molar-refractivity contribution in [2.45, 2.75) is 52.7 Å². The maximum absolute atomic E-state index is 13.1. The second-order valence-corrected chi connectivity index (χ2v) is 9.65. The number of rotatable bonds is 4. The van der Waals surface area contributed by atoms with Gasteiger partial charge >= 0.3 is 6.09 Å². The fraction of sp³-hybridized carbons (Fsp3) is 0.478. The summed E-state index contributed by atoms with van der Waals surface area (Å²) in [7, 11) is 0. The topological polar surface area (TPSA) is 134 Å². The van der Waals surface area contributed by atoms with Gasteiger partial charge in [-0.25, -0.2) is 14.2 Å². The summed E-state index contributed by atoms with van der Waals surface area (Å²) in [5, 5.41) is 25.2. The summed E-state index contributed by atoms with van der Waals surface area (Å²) in [6.45, 7) is 6.37. The number of benzene rings is 1. The quantitative estimate of drug-likeness (QED) is 0.557. The minimum absolute atomic E-state index is 0.0300. The summed E-state index contributed by atoms with van der Waals surface area (Å²) < 4.78 is 14.4. The number of hydrogen-bond acceptors (Lipinski definition) is 5. The molecule has 3 atom stereocenters. The molecule has 0 radical (unpaired) electrons. The van der Waals surface area contributed by atoms with Crippen molar-refractivity contribution in [3.05, 3.63) is 57.5 Å². The molecule has 1 aromatic heterocycles. The number of nitrogens with zero attached hydrogens (tertiary/aromatic N) is 2. The molecule has 2 aliphatic rings. The SMILES string of the molecule is CC1(C)[C@@H]2CC[C@@]1(C)[C@@H](NC(=O)O)c1nc(C(=O)NCc3ccc(F)cc3)c(O)c(=O)n1C2. The van der Waals surface area contributed by atoms with Crippen LogP contribution in [0.1, 0.15) is 61.5 Å². The van der Waals surface area contributed by atoms with Crippen molar-refractivity contribution in [2.24, 2.45) is 16.7 Å². The van der Waals surface area contributed by atoms with Gasteiger partial charge in [0.15, 0.2) is 5.69 Å². The van der Waals surface area contributed by atoms with Crippen LogP contribution in [0.2, 0.25) is 0 Å². The fourth-order valence-corrected chi connectivity index (χ4v) is 5.30. The Morgan fingerprint density at radius 1 is 1.24 bits per heavy atom. The summed E-state index contributed by atoms with van der Waals surface area (Å²) in [6.07, 6.45) is 0.255. The van der Waals surface area contributed by atoms with Crippen molar-refractivity contribution in [2.75, 3.05) is 0 Å². The molecule has 2 bridgehead atoms. The van der Waals surface area contributed by atoms with E-state index in [1.165, 1.54) is 28.8 Å². The standard InChI is InChI=1S/C23H27FN4O5/c1-22(2)13-8-9-23(22,3)17(27-21(32)33)18-26-15(16(29)20(31)28(18)11-13)19(30)25-10-12-4-6-14(24)7-5-12/h4-7,13,17,27,29H,8-11H2,1-3H3,(H,25,30)(H,32,33)/t13-,17+,23+/m1/s1. The van der Waals surface area contributed by atoms with E-state index in [-0.39, 0.29) is 30.2 Å². The first-order valence-electron chi connectivity index (χ1n) is 10.8. The van der Waals surface area contributed by atoms with Crippen LogP contribution in [-0.4, -0.2) is 31.8 Å². The number of carboxylic acid groups (broad SMARTS) is 1. The lowest BCUT2D eigenvalue weighted by molar-refractivity contribution is 0.0509. The molecule has 1 aliphatic carbocycles. The molecule has 1 aromatic carbocycles. The highest BCUT2D eigenvalue weighted by Gasteiger charge is 2.59. The Kier molecular flexibility index (Phi) is 5.42. The van der Waals surface area contributed by atoms with Crippen LogP contribution in [0, 0.1) is 22.6 Å². The summed E-state index contributed by atoms with van der Waals surface area (Å²) in [5.41, 5.74) is -1.53. The van der Waals surface area contributed by atoms with Gasteiger partial charge in [0.25, 0.3) is 11.5 Å². The van der Waals surface area contributed by atoms with Crippen LogP contribution < -0.4 is 16.2 Å². The summed E-state index contributed by atoms with van der Waals surface area (Å²) in [6, 6.07) is 4.66. The van der Waals surface area contributed by atoms with Gasteiger partial charge in [-0.3, -0.25) is 14.2 Å². The molecular formula is C23H27FN4O5. The molecule has 10 heteroatoms. The number of fused-ring (bicyclic) bond motifs is 3. The highest BCUT2D eigenvalue weighted by molar-refractivity contribution is 5.94. The Morgan fingerprint density at radius 3 is 2.55 bits per heavy atom. The van der Waals surface area contributed by atoms with Gasteiger partial charge in [0.2, 0.25) is 5.75 Å². The highest BCUT2D eigenvalue weighted by atomic mass is 19.1. The van der Waals surface area contributed by atoms with Crippen LogP contribution in [0.4, 0.5) is 9.18 Å². The van der Waals surface area contributed by atoms with Gasteiger partial charge in [-0.2, -0.15) is 0 Å². The van der Waals surface area contributed by atoms with Crippen LogP contribution >= 0.6 is 0 Å². The number of aromatic hydroxyl groups is 1. The molecule has 2 heterocycles. The van der Waals surface area contributed by atoms with Crippen LogP contribution in [0.15, 0.2) is 29.1 Å². The zero-order chi connectivity index (χ0) is 24.1. The molecule has 0 unspecified atom stereocenters. The first-order valence-corrected chi connectivity index (χ1v) is 10.8. The lowest BCUT2D eigenvalue weighted by Gasteiger charge is -2.44. The predicted molar refractivity (Wildman–Crippen MR) is 116 cm³/mol. The molecule has 2 amide bonds. The molecule has 2 aromatic rings. The zero-order valence-electron chi connectivity index (χ0n) is 18.7. The average molecular weight is 458 g/mol. The fourth-order valence-electron chi connectivity index (χ4n) is 5.30. The molecule has 9 nitrogen and oxygen atoms in total. The Balaban J connectivity index is 1.76. The van der Waals surface area contributed by atoms with E-state index < -0.39 is 46.3 Å². The third-order valence-corrected chi connectivity index (χ3v) is 7.83. The third kappa shape index (κ3) is 3.63. The van der Waals surface area contributed by atoms with E-state index in [4.69, 9.17) is 0 Å². The Hall–Kier alpha value is -3.43. The number of amides is 2. The summed E-state index contributed by atoms with van der Waals surface area (Å²) >= 11 is 0. The minimum Gasteiger partial charge on any atom is -0.501 e. The number of nitrogens with one attached hydrogen (secondary N) is 2. The lowest BCUT2D eigenvalue weighted by Crippen LogP contribution is -2.46. The molecule has 0 spiro atoms. The van der Waals surface area contributed by atoms with E-state index in [1.54, 1.807) is 0 Å². The van der Waals surface area contributed by atoms with Crippen LogP contribution in [-0.2, 0) is 13.1 Å². The Bertz CT molecular complexity index is 1180. The normalized spacial score (nSPS) is 25.1. The largest absolute Gasteiger partial charge is 0.501 e.